The molecule has 4 N–H and O–H groups in total. The maximum atomic E-state index is 12.7. The topological polar surface area (TPSA) is 208 Å². The van der Waals surface area contributed by atoms with Gasteiger partial charge >= 0.3 is 27.6 Å². The van der Waals surface area contributed by atoms with E-state index in [0.29, 0.717) is 31.5 Å². The smallest absolute Gasteiger partial charge is 0.462 e. The number of esters is 2. The molecule has 0 amide bonds. The highest BCUT2D eigenvalue weighted by Crippen LogP contribution is 2.44. The van der Waals surface area contributed by atoms with E-state index in [0.717, 1.165) is 77.0 Å². The van der Waals surface area contributed by atoms with Crippen LogP contribution in [0.1, 0.15) is 142 Å². The number of aliphatic hydroxyl groups excluding tert-OH is 1. The zero-order valence-electron chi connectivity index (χ0n) is 39.4. The molecule has 1 aliphatic rings. The van der Waals surface area contributed by atoms with Crippen LogP contribution in [0.5, 0.6) is 0 Å². The van der Waals surface area contributed by atoms with Gasteiger partial charge in [-0.15, -0.1) is 0 Å². The summed E-state index contributed by atoms with van der Waals surface area (Å²) in [6.45, 7) is 1.48. The highest BCUT2D eigenvalue weighted by molar-refractivity contribution is 7.47. The van der Waals surface area contributed by atoms with E-state index in [1.807, 2.05) is 18.2 Å². The first-order chi connectivity index (χ1) is 31.8. The molecule has 1 heterocycles. The molecule has 0 radical (unpaired) electrons. The minimum atomic E-state index is -4.88. The Morgan fingerprint density at radius 2 is 1.00 bits per heavy atom. The van der Waals surface area contributed by atoms with Crippen LogP contribution in [0.4, 0.5) is 0 Å². The number of phosphoric acid groups is 2. The van der Waals surface area contributed by atoms with Crippen molar-refractivity contribution in [3.05, 3.63) is 109 Å². The number of unbranched alkanes of at least 4 members (excludes halogenated alkanes) is 6. The van der Waals surface area contributed by atoms with Crippen molar-refractivity contribution < 1.29 is 66.3 Å². The summed E-state index contributed by atoms with van der Waals surface area (Å²) in [6.07, 6.45) is 52.7. The van der Waals surface area contributed by atoms with E-state index < -0.39 is 66.2 Å². The average Bonchev–Trinajstić information content (AvgIpc) is 4.04. The van der Waals surface area contributed by atoms with Gasteiger partial charge in [-0.2, -0.15) is 0 Å². The second-order valence-corrected chi connectivity index (χ2v) is 18.4. The van der Waals surface area contributed by atoms with Crippen LogP contribution in [0.25, 0.3) is 0 Å². The van der Waals surface area contributed by atoms with E-state index in [1.165, 1.54) is 19.3 Å². The highest BCUT2D eigenvalue weighted by atomic mass is 31.2. The van der Waals surface area contributed by atoms with Crippen LogP contribution in [-0.4, -0.2) is 82.6 Å². The maximum absolute atomic E-state index is 12.7. The van der Waals surface area contributed by atoms with Gasteiger partial charge in [0.15, 0.2) is 6.10 Å². The van der Waals surface area contributed by atoms with E-state index in [9.17, 15) is 28.7 Å². The summed E-state index contributed by atoms with van der Waals surface area (Å²) < 4.78 is 53.4. The molecule has 5 atom stereocenters. The highest BCUT2D eigenvalue weighted by Gasteiger charge is 2.36. The van der Waals surface area contributed by atoms with Gasteiger partial charge in [0.1, 0.15) is 12.7 Å². The van der Waals surface area contributed by atoms with E-state index >= 15 is 0 Å². The summed E-state index contributed by atoms with van der Waals surface area (Å²) in [6, 6.07) is 0. The van der Waals surface area contributed by atoms with Crippen LogP contribution in [0.15, 0.2) is 109 Å². The monoisotopic (exact) mass is 967 g/mol. The van der Waals surface area contributed by atoms with E-state index in [-0.39, 0.29) is 12.8 Å². The largest absolute Gasteiger partial charge is 0.472 e. The lowest BCUT2D eigenvalue weighted by molar-refractivity contribution is -0.161. The van der Waals surface area contributed by atoms with Crippen molar-refractivity contribution in [2.24, 2.45) is 0 Å². The molecule has 1 saturated heterocycles. The fraction of sp³-hybridized carbons (Fsp3) is 0.600. The Morgan fingerprint density at radius 1 is 0.530 bits per heavy atom. The number of allylic oxidation sites excluding steroid dienone is 16. The van der Waals surface area contributed by atoms with Crippen molar-refractivity contribution in [2.75, 3.05) is 26.4 Å². The summed E-state index contributed by atoms with van der Waals surface area (Å²) in [4.78, 5) is 52.8. The van der Waals surface area contributed by atoms with Gasteiger partial charge in [-0.25, -0.2) is 9.13 Å². The van der Waals surface area contributed by atoms with Crippen molar-refractivity contribution in [2.45, 2.75) is 167 Å². The van der Waals surface area contributed by atoms with Crippen LogP contribution in [0.2, 0.25) is 0 Å². The number of phosphoric ester groups is 2. The number of carbonyl (C=O) groups is 2. The molecule has 0 spiro atoms. The van der Waals surface area contributed by atoms with Crippen LogP contribution < -0.4 is 0 Å². The Labute approximate surface area is 395 Å². The van der Waals surface area contributed by atoms with Gasteiger partial charge < -0.3 is 34.0 Å². The van der Waals surface area contributed by atoms with E-state index in [4.69, 9.17) is 28.5 Å². The lowest BCUT2D eigenvalue weighted by atomic mass is 10.1. The third-order valence-corrected chi connectivity index (χ3v) is 11.0. The maximum Gasteiger partial charge on any atom is 0.472 e. The summed E-state index contributed by atoms with van der Waals surface area (Å²) in [5, 5.41) is 9.77. The molecular weight excluding hydrogens is 886 g/mol. The number of rotatable bonds is 42. The number of hydrogen-bond donors (Lipinski definition) is 4. The molecule has 0 bridgehead atoms. The van der Waals surface area contributed by atoms with Gasteiger partial charge in [0.2, 0.25) is 0 Å². The molecule has 0 aromatic carbocycles. The fourth-order valence-corrected chi connectivity index (χ4v) is 7.02. The standard InChI is InChI=1S/C50H80O14P2/c1-3-5-7-8-9-10-11-12-13-14-15-16-17-18-22-25-28-31-35-39-49(52)59-43-46(44-62-66(57,58)61-42-45(51)41-60-65(54,55)56)63-50(53)40-36-32-29-26-23-20-19-21-24-27-30-34-38-48-47(64-48)37-33-6-4-2/h6,9-10,12-13,15-16,18,20-24,29-30,32-34,45-48,51H,3-5,7-8,11,14,17,19,25-28,31,35-44H2,1-2H3,(H,57,58)(H2,54,55,56)/b10-9-,13-12-,16-15-,22-18-,23-20-,24-21-,32-29-,33-6-,34-30-/t45-,46+,47?,48?/m0/s1. The second kappa shape index (κ2) is 40.8. The predicted molar refractivity (Wildman–Crippen MR) is 261 cm³/mol. The quantitative estimate of drug-likeness (QED) is 0.0148. The molecule has 0 saturated carbocycles. The van der Waals surface area contributed by atoms with Crippen molar-refractivity contribution >= 4 is 27.6 Å². The molecule has 3 unspecified atom stereocenters. The Morgan fingerprint density at radius 3 is 1.53 bits per heavy atom. The molecule has 14 nitrogen and oxygen atoms in total. The third kappa shape index (κ3) is 41.0. The number of hydrogen-bond acceptors (Lipinski definition) is 11. The molecule has 1 rings (SSSR count). The number of ether oxygens (including phenoxy) is 3. The summed E-state index contributed by atoms with van der Waals surface area (Å²) in [5.41, 5.74) is 0. The number of epoxide rings is 1. The van der Waals surface area contributed by atoms with E-state index in [2.05, 4.69) is 114 Å². The first-order valence-electron chi connectivity index (χ1n) is 23.7. The van der Waals surface area contributed by atoms with Gasteiger partial charge in [0, 0.05) is 12.8 Å². The minimum absolute atomic E-state index is 0.0111. The summed E-state index contributed by atoms with van der Waals surface area (Å²) in [5.74, 6) is -1.18. The molecule has 16 heteroatoms. The fourth-order valence-electron chi connectivity index (χ4n) is 5.87. The van der Waals surface area contributed by atoms with Crippen LogP contribution >= 0.6 is 15.6 Å². The molecule has 374 valence electrons. The molecule has 0 aliphatic carbocycles. The van der Waals surface area contributed by atoms with Crippen molar-refractivity contribution in [3.8, 4) is 0 Å². The van der Waals surface area contributed by atoms with Crippen molar-refractivity contribution in [1.29, 1.82) is 0 Å². The molecular formula is C50H80O14P2. The predicted octanol–water partition coefficient (Wildman–Crippen LogP) is 11.7. The van der Waals surface area contributed by atoms with Crippen molar-refractivity contribution in [3.63, 3.8) is 0 Å². The molecule has 0 aromatic heterocycles. The Hall–Kier alpha value is -3.26. The van der Waals surface area contributed by atoms with Gasteiger partial charge in [0.25, 0.3) is 0 Å². The van der Waals surface area contributed by atoms with Gasteiger partial charge in [0.05, 0.1) is 32.0 Å². The first-order valence-corrected chi connectivity index (χ1v) is 26.7. The Balaban J connectivity index is 2.41. The Bertz CT molecular complexity index is 1640. The SMILES string of the molecule is CC/C=C\CC1OC1C/C=C\C/C=C\C/C=C\C/C=C\CCC(=O)O[C@H](COC(=O)CCCCC/C=C\C/C=C\C/C=C\C/C=C\CCCCC)COP(=O)(O)OC[C@@H](O)COP(=O)(O)O. The lowest BCUT2D eigenvalue weighted by Gasteiger charge is -2.20. The molecule has 0 aromatic rings. The third-order valence-electron chi connectivity index (χ3n) is 9.55. The zero-order chi connectivity index (χ0) is 48.4. The first kappa shape index (κ1) is 60.8. The van der Waals surface area contributed by atoms with Gasteiger partial charge in [-0.1, -0.05) is 142 Å². The Kier molecular flexibility index (Phi) is 37.5. The van der Waals surface area contributed by atoms with Crippen LogP contribution in [-0.2, 0) is 46.5 Å². The lowest BCUT2D eigenvalue weighted by Crippen LogP contribution is -2.29. The normalized spacial score (nSPS) is 17.9. The van der Waals surface area contributed by atoms with Crippen LogP contribution in [0, 0.1) is 0 Å². The number of aliphatic hydroxyl groups is 1. The minimum Gasteiger partial charge on any atom is -0.462 e. The number of carbonyl (C=O) groups excluding carboxylic acids is 2. The average molecular weight is 967 g/mol. The van der Waals surface area contributed by atoms with Gasteiger partial charge in [-0.3, -0.25) is 23.2 Å². The van der Waals surface area contributed by atoms with Crippen molar-refractivity contribution in [1.82, 2.24) is 0 Å². The second-order valence-electron chi connectivity index (χ2n) is 15.7. The molecule has 66 heavy (non-hydrogen) atoms. The van der Waals surface area contributed by atoms with Crippen LogP contribution in [0.3, 0.4) is 0 Å². The molecule has 1 aliphatic heterocycles. The molecule has 1 fully saturated rings. The summed E-state index contributed by atoms with van der Waals surface area (Å²) in [7, 11) is -9.73. The van der Waals surface area contributed by atoms with E-state index in [1.54, 1.807) is 0 Å². The summed E-state index contributed by atoms with van der Waals surface area (Å²) >= 11 is 0. The van der Waals surface area contributed by atoms with Gasteiger partial charge in [-0.05, 0) is 96.3 Å². The zero-order valence-corrected chi connectivity index (χ0v) is 41.2.